The number of hydrogen-bond acceptors (Lipinski definition) is 5. The molecule has 2 amide bonds. The number of aromatic nitrogens is 2. The number of imidazole rings is 1. The number of carbonyl (C=O) groups is 2. The van der Waals surface area contributed by atoms with E-state index in [4.69, 9.17) is 9.47 Å². The molecule has 2 heterocycles. The van der Waals surface area contributed by atoms with Gasteiger partial charge in [-0.05, 0) is 74.8 Å². The first-order valence-electron chi connectivity index (χ1n) is 14.9. The first kappa shape index (κ1) is 31.0. The lowest BCUT2D eigenvalue weighted by atomic mass is 9.96. The Balaban J connectivity index is 1.30. The Bertz CT molecular complexity index is 1670. The fourth-order valence-corrected chi connectivity index (χ4v) is 5.46. The van der Waals surface area contributed by atoms with E-state index in [0.29, 0.717) is 34.8 Å². The molecule has 2 aromatic heterocycles. The van der Waals surface area contributed by atoms with Crippen molar-refractivity contribution in [2.75, 3.05) is 6.54 Å². The van der Waals surface area contributed by atoms with Crippen LogP contribution in [-0.4, -0.2) is 33.5 Å². The summed E-state index contributed by atoms with van der Waals surface area (Å²) in [5.41, 5.74) is 2.38. The van der Waals surface area contributed by atoms with Crippen molar-refractivity contribution in [3.63, 3.8) is 0 Å². The molecule has 5 rings (SSSR count). The molecule has 0 bridgehead atoms. The van der Waals surface area contributed by atoms with E-state index >= 15 is 4.39 Å². The first-order valence-corrected chi connectivity index (χ1v) is 14.9. The van der Waals surface area contributed by atoms with Crippen LogP contribution in [0.1, 0.15) is 83.9 Å². The van der Waals surface area contributed by atoms with Gasteiger partial charge in [0.25, 0.3) is 5.91 Å². The van der Waals surface area contributed by atoms with Gasteiger partial charge in [0.2, 0.25) is 0 Å². The Morgan fingerprint density at radius 3 is 2.55 bits per heavy atom. The van der Waals surface area contributed by atoms with Crippen molar-refractivity contribution in [2.24, 2.45) is 0 Å². The maximum absolute atomic E-state index is 15.1. The van der Waals surface area contributed by atoms with Crippen LogP contribution in [0.4, 0.5) is 13.6 Å². The molecule has 1 unspecified atom stereocenters. The monoisotopic (exact) mass is 604 g/mol. The van der Waals surface area contributed by atoms with Gasteiger partial charge in [-0.2, -0.15) is 0 Å². The van der Waals surface area contributed by atoms with Crippen molar-refractivity contribution in [3.05, 3.63) is 100 Å². The van der Waals surface area contributed by atoms with Crippen molar-refractivity contribution in [2.45, 2.75) is 78.0 Å². The Hall–Kier alpha value is -4.47. The van der Waals surface area contributed by atoms with E-state index in [1.54, 1.807) is 23.6 Å². The van der Waals surface area contributed by atoms with Gasteiger partial charge >= 0.3 is 6.09 Å². The van der Waals surface area contributed by atoms with Gasteiger partial charge in [-0.3, -0.25) is 9.20 Å². The summed E-state index contributed by atoms with van der Waals surface area (Å²) in [4.78, 5) is 30.7. The average molecular weight is 605 g/mol. The van der Waals surface area contributed by atoms with Crippen molar-refractivity contribution in [1.82, 2.24) is 20.0 Å². The lowest BCUT2D eigenvalue weighted by Crippen LogP contribution is -2.53. The van der Waals surface area contributed by atoms with Crippen molar-refractivity contribution in [1.29, 1.82) is 0 Å². The number of nitrogens with one attached hydrogen (secondary N) is 2. The number of benzene rings is 2. The van der Waals surface area contributed by atoms with Crippen LogP contribution in [-0.2, 0) is 18.0 Å². The van der Waals surface area contributed by atoms with Gasteiger partial charge in [0.05, 0.1) is 16.8 Å². The molecule has 0 aliphatic heterocycles. The van der Waals surface area contributed by atoms with Gasteiger partial charge in [0, 0.05) is 12.7 Å². The second-order valence-electron chi connectivity index (χ2n) is 11.8. The Labute approximate surface area is 255 Å². The van der Waals surface area contributed by atoms with Crippen LogP contribution < -0.4 is 15.4 Å². The highest BCUT2D eigenvalue weighted by Gasteiger charge is 2.30. The van der Waals surface area contributed by atoms with Gasteiger partial charge in [0.15, 0.2) is 11.4 Å². The molecule has 0 saturated heterocycles. The lowest BCUT2D eigenvalue weighted by molar-refractivity contribution is 0.0921. The predicted molar refractivity (Wildman–Crippen MR) is 163 cm³/mol. The number of fused-ring (bicyclic) bond motifs is 1. The van der Waals surface area contributed by atoms with Gasteiger partial charge < -0.3 is 20.1 Å². The molecule has 1 aliphatic carbocycles. The van der Waals surface area contributed by atoms with Crippen LogP contribution in [0.2, 0.25) is 0 Å². The van der Waals surface area contributed by atoms with Crippen molar-refractivity contribution < 1.29 is 27.8 Å². The van der Waals surface area contributed by atoms with E-state index in [-0.39, 0.29) is 37.1 Å². The zero-order valence-corrected chi connectivity index (χ0v) is 25.5. The number of ether oxygens (including phenoxy) is 2. The number of rotatable bonds is 12. The fraction of sp³-hybridized carbons (Fsp3) is 0.382. The topological polar surface area (TPSA) is 94.0 Å². The molecule has 1 atom stereocenters. The number of amides is 2. The zero-order chi connectivity index (χ0) is 31.4. The van der Waals surface area contributed by atoms with E-state index in [9.17, 15) is 14.0 Å². The van der Waals surface area contributed by atoms with Crippen LogP contribution in [0.3, 0.4) is 0 Å². The van der Waals surface area contributed by atoms with E-state index < -0.39 is 23.3 Å². The molecule has 44 heavy (non-hydrogen) atoms. The Morgan fingerprint density at radius 2 is 1.84 bits per heavy atom. The number of alkyl carbamates (subject to hydrolysis) is 1. The standard InChI is InChI=1S/C34H38F2N4O4/c1-5-15-34(4,39-33(42)44-18-23-9-7-6-8-10-23)20-37-32(41)30-22(3)38-31-28(16-21(2)17-40(30)31)43-19-26-27(35)14-13-25(29(26)36)24-11-12-24/h6-10,13-14,16-17,24H,5,11-12,15,18-20H2,1-4H3,(H,37,41)(H,39,42). The number of nitrogens with zero attached hydrogens (tertiary/aromatic N) is 2. The second kappa shape index (κ2) is 13.0. The van der Waals surface area contributed by atoms with Crippen molar-refractivity contribution in [3.8, 4) is 5.75 Å². The molecule has 1 saturated carbocycles. The van der Waals surface area contributed by atoms with Crippen LogP contribution in [0, 0.1) is 25.5 Å². The Morgan fingerprint density at radius 1 is 1.09 bits per heavy atom. The number of aryl methyl sites for hydroxylation is 2. The van der Waals surface area contributed by atoms with Crippen LogP contribution >= 0.6 is 0 Å². The first-order chi connectivity index (χ1) is 21.1. The molecule has 0 radical (unpaired) electrons. The smallest absolute Gasteiger partial charge is 0.407 e. The minimum Gasteiger partial charge on any atom is -0.485 e. The third kappa shape index (κ3) is 7.01. The largest absolute Gasteiger partial charge is 0.485 e. The van der Waals surface area contributed by atoms with Gasteiger partial charge in [-0.25, -0.2) is 18.6 Å². The molecule has 232 valence electrons. The van der Waals surface area contributed by atoms with Gasteiger partial charge in [0.1, 0.15) is 30.5 Å². The molecule has 2 aromatic carbocycles. The quantitative estimate of drug-likeness (QED) is 0.184. The summed E-state index contributed by atoms with van der Waals surface area (Å²) < 4.78 is 42.7. The summed E-state index contributed by atoms with van der Waals surface area (Å²) in [6, 6.07) is 13.9. The average Bonchev–Trinajstić information content (AvgIpc) is 3.77. The minimum atomic E-state index is -0.764. The van der Waals surface area contributed by atoms with E-state index in [2.05, 4.69) is 15.6 Å². The maximum atomic E-state index is 15.1. The molecular weight excluding hydrogens is 566 g/mol. The van der Waals surface area contributed by atoms with E-state index in [0.717, 1.165) is 30.4 Å². The summed E-state index contributed by atoms with van der Waals surface area (Å²) in [5.74, 6) is -1.18. The summed E-state index contributed by atoms with van der Waals surface area (Å²) in [6.07, 6.45) is 4.35. The summed E-state index contributed by atoms with van der Waals surface area (Å²) in [6.45, 7) is 7.37. The van der Waals surface area contributed by atoms with Gasteiger partial charge in [-0.15, -0.1) is 0 Å². The zero-order valence-electron chi connectivity index (χ0n) is 25.5. The molecule has 2 N–H and O–H groups in total. The molecular formula is C34H38F2N4O4. The molecule has 1 aliphatic rings. The van der Waals surface area contributed by atoms with E-state index in [1.165, 1.54) is 12.1 Å². The third-order valence-corrected chi connectivity index (χ3v) is 7.87. The SMILES string of the molecule is CCCC(C)(CNC(=O)c1c(C)nc2c(OCc3c(F)ccc(C4CC4)c3F)cc(C)cn12)NC(=O)OCc1ccccc1. The summed E-state index contributed by atoms with van der Waals surface area (Å²) >= 11 is 0. The molecule has 4 aromatic rings. The lowest BCUT2D eigenvalue weighted by Gasteiger charge is -2.30. The summed E-state index contributed by atoms with van der Waals surface area (Å²) in [5, 5.41) is 5.86. The summed E-state index contributed by atoms with van der Waals surface area (Å²) in [7, 11) is 0. The number of halogens is 2. The Kier molecular flexibility index (Phi) is 9.17. The highest BCUT2D eigenvalue weighted by atomic mass is 19.1. The van der Waals surface area contributed by atoms with Crippen molar-refractivity contribution >= 4 is 17.6 Å². The molecule has 0 spiro atoms. The maximum Gasteiger partial charge on any atom is 0.407 e. The number of pyridine rings is 1. The van der Waals surface area contributed by atoms with Crippen LogP contribution in [0.5, 0.6) is 5.75 Å². The fourth-order valence-electron chi connectivity index (χ4n) is 5.46. The molecule has 1 fully saturated rings. The van der Waals surface area contributed by atoms with Crippen LogP contribution in [0.15, 0.2) is 54.7 Å². The molecule has 8 nitrogen and oxygen atoms in total. The number of hydrogen-bond donors (Lipinski definition) is 2. The third-order valence-electron chi connectivity index (χ3n) is 7.87. The minimum absolute atomic E-state index is 0.125. The normalized spacial score (nSPS) is 14.2. The predicted octanol–water partition coefficient (Wildman–Crippen LogP) is 6.90. The van der Waals surface area contributed by atoms with Crippen LogP contribution in [0.25, 0.3) is 5.65 Å². The number of carbonyl (C=O) groups excluding carboxylic acids is 2. The molecule has 10 heteroatoms. The van der Waals surface area contributed by atoms with Gasteiger partial charge in [-0.1, -0.05) is 49.7 Å². The second-order valence-corrected chi connectivity index (χ2v) is 11.8. The highest BCUT2D eigenvalue weighted by molar-refractivity contribution is 5.95. The highest BCUT2D eigenvalue weighted by Crippen LogP contribution is 2.42. The van der Waals surface area contributed by atoms with E-state index in [1.807, 2.05) is 51.1 Å².